The summed E-state index contributed by atoms with van der Waals surface area (Å²) in [6.07, 6.45) is 0.188. The molecule has 0 bridgehead atoms. The van der Waals surface area contributed by atoms with Crippen molar-refractivity contribution in [3.8, 4) is 17.2 Å². The lowest BCUT2D eigenvalue weighted by molar-refractivity contribution is -0.117. The molecule has 5 nitrogen and oxygen atoms in total. The molecule has 0 aromatic heterocycles. The zero-order valence-electron chi connectivity index (χ0n) is 11.7. The Morgan fingerprint density at radius 1 is 1.23 bits per heavy atom. The molecule has 2 aromatic rings. The summed E-state index contributed by atoms with van der Waals surface area (Å²) in [7, 11) is 0. The number of benzene rings is 2. The van der Waals surface area contributed by atoms with E-state index in [1.807, 2.05) is 24.3 Å². The molecule has 0 spiro atoms. The predicted octanol–water partition coefficient (Wildman–Crippen LogP) is 2.68. The lowest BCUT2D eigenvalue weighted by Crippen LogP contribution is -2.13. The maximum atomic E-state index is 10.9. The van der Waals surface area contributed by atoms with Gasteiger partial charge in [-0.2, -0.15) is 0 Å². The van der Waals surface area contributed by atoms with Gasteiger partial charge in [0.05, 0.1) is 11.4 Å². The van der Waals surface area contributed by atoms with Crippen molar-refractivity contribution in [2.24, 2.45) is 5.73 Å². The van der Waals surface area contributed by atoms with E-state index in [-0.39, 0.29) is 19.1 Å². The second kappa shape index (κ2) is 6.15. The molecule has 22 heavy (non-hydrogen) atoms. The summed E-state index contributed by atoms with van der Waals surface area (Å²) in [6.45, 7) is 0.505. The molecule has 1 aliphatic heterocycles. The predicted molar refractivity (Wildman–Crippen MR) is 81.2 cm³/mol. The fourth-order valence-electron chi connectivity index (χ4n) is 2.22. The van der Waals surface area contributed by atoms with E-state index in [9.17, 15) is 4.79 Å². The third-order valence-electron chi connectivity index (χ3n) is 3.17. The molecule has 3 rings (SSSR count). The van der Waals surface area contributed by atoms with Gasteiger partial charge in [0.1, 0.15) is 12.4 Å². The van der Waals surface area contributed by atoms with E-state index in [4.69, 9.17) is 31.5 Å². The Morgan fingerprint density at radius 3 is 2.91 bits per heavy atom. The minimum Gasteiger partial charge on any atom is -0.489 e. The minimum absolute atomic E-state index is 0.175. The standard InChI is InChI=1S/C16H14ClNO4/c17-13-5-11(6-14-16(13)22-9-21-14)8-20-12-3-1-2-10(4-12)7-15(18)19/h1-6H,7-9H2,(H2,18,19). The van der Waals surface area contributed by atoms with E-state index in [0.717, 1.165) is 11.1 Å². The molecule has 6 heteroatoms. The van der Waals surface area contributed by atoms with Crippen LogP contribution in [0.15, 0.2) is 36.4 Å². The zero-order chi connectivity index (χ0) is 15.5. The number of halogens is 1. The highest BCUT2D eigenvalue weighted by Crippen LogP contribution is 2.39. The summed E-state index contributed by atoms with van der Waals surface area (Å²) in [6, 6.07) is 10.9. The van der Waals surface area contributed by atoms with Crippen molar-refractivity contribution in [1.29, 1.82) is 0 Å². The van der Waals surface area contributed by atoms with E-state index >= 15 is 0 Å². The number of hydrogen-bond donors (Lipinski definition) is 1. The van der Waals surface area contributed by atoms with E-state index in [0.29, 0.717) is 28.9 Å². The van der Waals surface area contributed by atoms with Crippen molar-refractivity contribution in [2.75, 3.05) is 6.79 Å². The van der Waals surface area contributed by atoms with Gasteiger partial charge in [0.2, 0.25) is 12.7 Å². The Morgan fingerprint density at radius 2 is 2.09 bits per heavy atom. The molecular weight excluding hydrogens is 306 g/mol. The first-order valence-electron chi connectivity index (χ1n) is 6.70. The molecular formula is C16H14ClNO4. The second-order valence-electron chi connectivity index (χ2n) is 4.89. The number of nitrogens with two attached hydrogens (primary N) is 1. The van der Waals surface area contributed by atoms with Gasteiger partial charge >= 0.3 is 0 Å². The fourth-order valence-corrected chi connectivity index (χ4v) is 2.51. The molecule has 0 fully saturated rings. The molecule has 1 heterocycles. The third kappa shape index (κ3) is 3.26. The van der Waals surface area contributed by atoms with Crippen LogP contribution in [0.25, 0.3) is 0 Å². The first-order chi connectivity index (χ1) is 10.6. The van der Waals surface area contributed by atoms with Crippen LogP contribution in [0.2, 0.25) is 5.02 Å². The van der Waals surface area contributed by atoms with Crippen LogP contribution in [0.1, 0.15) is 11.1 Å². The van der Waals surface area contributed by atoms with Crippen LogP contribution in [0.3, 0.4) is 0 Å². The van der Waals surface area contributed by atoms with Crippen molar-refractivity contribution in [3.63, 3.8) is 0 Å². The van der Waals surface area contributed by atoms with Crippen LogP contribution in [0, 0.1) is 0 Å². The average molecular weight is 320 g/mol. The van der Waals surface area contributed by atoms with Crippen LogP contribution < -0.4 is 19.9 Å². The number of hydrogen-bond acceptors (Lipinski definition) is 4. The number of carbonyl (C=O) groups excluding carboxylic acids is 1. The molecule has 0 saturated carbocycles. The topological polar surface area (TPSA) is 70.8 Å². The first-order valence-corrected chi connectivity index (χ1v) is 7.07. The Bertz CT molecular complexity index is 717. The average Bonchev–Trinajstić information content (AvgIpc) is 2.94. The molecule has 114 valence electrons. The highest BCUT2D eigenvalue weighted by atomic mass is 35.5. The number of carbonyl (C=O) groups is 1. The maximum Gasteiger partial charge on any atom is 0.231 e. The lowest BCUT2D eigenvalue weighted by Gasteiger charge is -2.09. The van der Waals surface area contributed by atoms with Crippen molar-refractivity contribution in [2.45, 2.75) is 13.0 Å². The molecule has 0 saturated heterocycles. The van der Waals surface area contributed by atoms with Crippen molar-refractivity contribution < 1.29 is 19.0 Å². The van der Waals surface area contributed by atoms with Gasteiger partial charge in [0, 0.05) is 0 Å². The van der Waals surface area contributed by atoms with Gasteiger partial charge < -0.3 is 19.9 Å². The van der Waals surface area contributed by atoms with Crippen LogP contribution in [0.4, 0.5) is 0 Å². The van der Waals surface area contributed by atoms with E-state index in [1.165, 1.54) is 0 Å². The summed E-state index contributed by atoms with van der Waals surface area (Å²) < 4.78 is 16.3. The number of rotatable bonds is 5. The molecule has 2 aromatic carbocycles. The molecule has 2 N–H and O–H groups in total. The van der Waals surface area contributed by atoms with Gasteiger partial charge in [-0.3, -0.25) is 4.79 Å². The van der Waals surface area contributed by atoms with Gasteiger partial charge in [-0.1, -0.05) is 23.7 Å². The Kier molecular flexibility index (Phi) is 4.06. The van der Waals surface area contributed by atoms with Gasteiger partial charge in [0.25, 0.3) is 0 Å². The number of amides is 1. The third-order valence-corrected chi connectivity index (χ3v) is 3.45. The first kappa shape index (κ1) is 14.5. The van der Waals surface area contributed by atoms with Crippen molar-refractivity contribution in [1.82, 2.24) is 0 Å². The van der Waals surface area contributed by atoms with Gasteiger partial charge in [0.15, 0.2) is 11.5 Å². The van der Waals surface area contributed by atoms with Gasteiger partial charge in [-0.25, -0.2) is 0 Å². The van der Waals surface area contributed by atoms with Crippen LogP contribution >= 0.6 is 11.6 Å². The summed E-state index contributed by atoms with van der Waals surface area (Å²) in [5, 5.41) is 0.496. The smallest absolute Gasteiger partial charge is 0.231 e. The van der Waals surface area contributed by atoms with Crippen LogP contribution in [-0.4, -0.2) is 12.7 Å². The van der Waals surface area contributed by atoms with Gasteiger partial charge in [-0.05, 0) is 35.4 Å². The second-order valence-corrected chi connectivity index (χ2v) is 5.30. The van der Waals surface area contributed by atoms with Crippen molar-refractivity contribution >= 4 is 17.5 Å². The zero-order valence-corrected chi connectivity index (χ0v) is 12.4. The van der Waals surface area contributed by atoms with Crippen LogP contribution in [-0.2, 0) is 17.8 Å². The van der Waals surface area contributed by atoms with Crippen LogP contribution in [0.5, 0.6) is 17.2 Å². The van der Waals surface area contributed by atoms with Gasteiger partial charge in [-0.15, -0.1) is 0 Å². The van der Waals surface area contributed by atoms with Crippen molar-refractivity contribution in [3.05, 3.63) is 52.5 Å². The lowest BCUT2D eigenvalue weighted by atomic mass is 10.1. The molecule has 0 radical (unpaired) electrons. The van der Waals surface area contributed by atoms with E-state index in [1.54, 1.807) is 12.1 Å². The summed E-state index contributed by atoms with van der Waals surface area (Å²) in [5.41, 5.74) is 6.87. The molecule has 1 amide bonds. The Balaban J connectivity index is 1.70. The Labute approximate surface area is 132 Å². The SMILES string of the molecule is NC(=O)Cc1cccc(OCc2cc(Cl)c3c(c2)OCO3)c1. The highest BCUT2D eigenvalue weighted by Gasteiger charge is 2.18. The largest absolute Gasteiger partial charge is 0.489 e. The monoisotopic (exact) mass is 319 g/mol. The maximum absolute atomic E-state index is 10.9. The summed E-state index contributed by atoms with van der Waals surface area (Å²) in [5.74, 6) is 1.47. The molecule has 0 unspecified atom stereocenters. The Hall–Kier alpha value is -2.40. The number of fused-ring (bicyclic) bond motifs is 1. The molecule has 0 atom stereocenters. The normalized spacial score (nSPS) is 12.2. The summed E-state index contributed by atoms with van der Waals surface area (Å²) in [4.78, 5) is 10.9. The molecule has 0 aliphatic carbocycles. The molecule has 1 aliphatic rings. The minimum atomic E-state index is -0.375. The van der Waals surface area contributed by atoms with E-state index < -0.39 is 0 Å². The highest BCUT2D eigenvalue weighted by molar-refractivity contribution is 6.32. The fraction of sp³-hybridized carbons (Fsp3) is 0.188. The van der Waals surface area contributed by atoms with E-state index in [2.05, 4.69) is 0 Å². The quantitative estimate of drug-likeness (QED) is 0.919. The number of ether oxygens (including phenoxy) is 3. The number of primary amides is 1. The summed E-state index contributed by atoms with van der Waals surface area (Å²) >= 11 is 6.13.